The highest BCUT2D eigenvalue weighted by molar-refractivity contribution is 5.68. The topological polar surface area (TPSA) is 129 Å². The highest BCUT2D eigenvalue weighted by Crippen LogP contribution is 2.21. The van der Waals surface area contributed by atoms with Gasteiger partial charge in [-0.15, -0.1) is 0 Å². The molecule has 0 saturated heterocycles. The monoisotopic (exact) mass is 279 g/mol. The summed E-state index contributed by atoms with van der Waals surface area (Å²) >= 11 is 0. The van der Waals surface area contributed by atoms with Crippen LogP contribution in [0, 0.1) is 10.1 Å². The lowest BCUT2D eigenvalue weighted by molar-refractivity contribution is -0.384. The summed E-state index contributed by atoms with van der Waals surface area (Å²) in [4.78, 5) is 24.4. The summed E-state index contributed by atoms with van der Waals surface area (Å²) in [7, 11) is 0. The Morgan fingerprint density at radius 3 is 3.00 bits per heavy atom. The quantitative estimate of drug-likeness (QED) is 0.617. The summed E-state index contributed by atoms with van der Waals surface area (Å²) in [6.07, 6.45) is 0. The minimum Gasteiger partial charge on any atom is -0.480 e. The first kappa shape index (κ1) is 13.6. The number of nitro benzene ring substituents is 1. The lowest BCUT2D eigenvalue weighted by Crippen LogP contribution is -2.06. The predicted octanol–water partition coefficient (Wildman–Crippen LogP) is 1.25. The molecule has 0 spiro atoms. The van der Waals surface area contributed by atoms with Crippen LogP contribution >= 0.6 is 0 Å². The largest absolute Gasteiger partial charge is 0.480 e. The van der Waals surface area contributed by atoms with Crippen LogP contribution in [0.3, 0.4) is 0 Å². The van der Waals surface area contributed by atoms with Gasteiger partial charge in [0, 0.05) is 17.7 Å². The third-order valence-corrected chi connectivity index (χ3v) is 2.23. The van der Waals surface area contributed by atoms with Crippen molar-refractivity contribution < 1.29 is 24.1 Å². The van der Waals surface area contributed by atoms with Gasteiger partial charge in [0.2, 0.25) is 5.82 Å². The third kappa shape index (κ3) is 3.36. The highest BCUT2D eigenvalue weighted by atomic mass is 16.6. The molecule has 1 aromatic carbocycles. The molecular weight excluding hydrogens is 270 g/mol. The Morgan fingerprint density at radius 2 is 2.30 bits per heavy atom. The molecule has 0 aliphatic heterocycles. The average Bonchev–Trinajstić information content (AvgIpc) is 2.87. The van der Waals surface area contributed by atoms with Crippen LogP contribution in [0.4, 0.5) is 5.69 Å². The Labute approximate surface area is 111 Å². The van der Waals surface area contributed by atoms with Gasteiger partial charge in [0.1, 0.15) is 13.2 Å². The summed E-state index contributed by atoms with van der Waals surface area (Å²) in [6, 6.07) is 5.76. The molecule has 0 bridgehead atoms. The zero-order valence-electron chi connectivity index (χ0n) is 10.1. The summed E-state index contributed by atoms with van der Waals surface area (Å²) in [5, 5.41) is 22.7. The molecular formula is C11H9N3O6. The predicted molar refractivity (Wildman–Crippen MR) is 63.7 cm³/mol. The number of nitro groups is 1. The van der Waals surface area contributed by atoms with E-state index >= 15 is 0 Å². The Hall–Kier alpha value is -2.81. The Bertz CT molecular complexity index is 639. The molecule has 0 radical (unpaired) electrons. The maximum Gasteiger partial charge on any atom is 0.329 e. The second-order valence-electron chi connectivity index (χ2n) is 3.71. The molecule has 20 heavy (non-hydrogen) atoms. The molecule has 0 amide bonds. The van der Waals surface area contributed by atoms with Gasteiger partial charge in [-0.2, -0.15) is 4.98 Å². The number of ether oxygens (including phenoxy) is 1. The minimum atomic E-state index is -1.11. The van der Waals surface area contributed by atoms with Crippen molar-refractivity contribution in [2.75, 3.05) is 6.61 Å². The Morgan fingerprint density at radius 1 is 1.50 bits per heavy atom. The first-order chi connectivity index (χ1) is 9.56. The van der Waals surface area contributed by atoms with Gasteiger partial charge < -0.3 is 14.4 Å². The number of carboxylic acids is 1. The van der Waals surface area contributed by atoms with Crippen LogP contribution < -0.4 is 0 Å². The molecule has 0 fully saturated rings. The second-order valence-corrected chi connectivity index (χ2v) is 3.71. The van der Waals surface area contributed by atoms with Gasteiger partial charge in [0.25, 0.3) is 11.6 Å². The Balaban J connectivity index is 2.10. The van der Waals surface area contributed by atoms with E-state index in [2.05, 4.69) is 10.1 Å². The molecule has 0 atom stereocenters. The number of carbonyl (C=O) groups is 1. The number of nitrogens with zero attached hydrogens (tertiary/aromatic N) is 3. The molecule has 2 rings (SSSR count). The van der Waals surface area contributed by atoms with Gasteiger partial charge in [-0.3, -0.25) is 10.1 Å². The SMILES string of the molecule is O=C(O)COCc1nc(-c2cccc([N+](=O)[O-])c2)no1. The van der Waals surface area contributed by atoms with E-state index < -0.39 is 17.5 Å². The van der Waals surface area contributed by atoms with Crippen molar-refractivity contribution in [3.05, 3.63) is 40.3 Å². The van der Waals surface area contributed by atoms with Crippen LogP contribution in [0.15, 0.2) is 28.8 Å². The molecule has 0 saturated carbocycles. The van der Waals surface area contributed by atoms with Crippen molar-refractivity contribution >= 4 is 11.7 Å². The fourth-order valence-corrected chi connectivity index (χ4v) is 1.41. The van der Waals surface area contributed by atoms with Crippen molar-refractivity contribution in [3.8, 4) is 11.4 Å². The lowest BCUT2D eigenvalue weighted by Gasteiger charge is -1.95. The van der Waals surface area contributed by atoms with Crippen LogP contribution in [0.25, 0.3) is 11.4 Å². The molecule has 2 aromatic rings. The van der Waals surface area contributed by atoms with Crippen LogP contribution in [-0.4, -0.2) is 32.7 Å². The highest BCUT2D eigenvalue weighted by Gasteiger charge is 2.12. The van der Waals surface area contributed by atoms with E-state index in [-0.39, 0.29) is 24.0 Å². The summed E-state index contributed by atoms with van der Waals surface area (Å²) in [6.45, 7) is -0.622. The molecule has 9 nitrogen and oxygen atoms in total. The van der Waals surface area contributed by atoms with E-state index in [1.165, 1.54) is 18.2 Å². The van der Waals surface area contributed by atoms with Crippen molar-refractivity contribution in [1.29, 1.82) is 0 Å². The van der Waals surface area contributed by atoms with Gasteiger partial charge in [0.05, 0.1) is 4.92 Å². The fraction of sp³-hybridized carbons (Fsp3) is 0.182. The van der Waals surface area contributed by atoms with E-state index in [4.69, 9.17) is 14.4 Å². The number of carboxylic acid groups (broad SMARTS) is 1. The van der Waals surface area contributed by atoms with Crippen molar-refractivity contribution in [1.82, 2.24) is 10.1 Å². The smallest absolute Gasteiger partial charge is 0.329 e. The van der Waals surface area contributed by atoms with E-state index in [1.54, 1.807) is 6.07 Å². The van der Waals surface area contributed by atoms with Gasteiger partial charge in [-0.05, 0) is 0 Å². The second kappa shape index (κ2) is 5.89. The summed E-state index contributed by atoms with van der Waals surface area (Å²) < 4.78 is 9.64. The maximum absolute atomic E-state index is 10.7. The normalized spacial score (nSPS) is 10.4. The standard InChI is InChI=1S/C11H9N3O6/c15-10(16)6-19-5-9-12-11(13-20-9)7-2-1-3-8(4-7)14(17)18/h1-4H,5-6H2,(H,15,16). The molecule has 0 aliphatic rings. The van der Waals surface area contributed by atoms with Crippen LogP contribution in [0.5, 0.6) is 0 Å². The number of rotatable bonds is 6. The molecule has 0 aliphatic carbocycles. The molecule has 1 aromatic heterocycles. The minimum absolute atomic E-state index is 0.0871. The molecule has 9 heteroatoms. The zero-order chi connectivity index (χ0) is 14.5. The van der Waals surface area contributed by atoms with Gasteiger partial charge in [-0.1, -0.05) is 17.3 Å². The zero-order valence-corrected chi connectivity index (χ0v) is 10.1. The van der Waals surface area contributed by atoms with E-state index in [0.29, 0.717) is 5.56 Å². The molecule has 104 valence electrons. The van der Waals surface area contributed by atoms with E-state index in [1.807, 2.05) is 0 Å². The summed E-state index contributed by atoms with van der Waals surface area (Å²) in [5.41, 5.74) is 0.336. The number of hydrogen-bond donors (Lipinski definition) is 1. The maximum atomic E-state index is 10.7. The van der Waals surface area contributed by atoms with Gasteiger partial charge in [-0.25, -0.2) is 4.79 Å². The van der Waals surface area contributed by atoms with Crippen LogP contribution in [0.1, 0.15) is 5.89 Å². The number of hydrogen-bond acceptors (Lipinski definition) is 7. The average molecular weight is 279 g/mol. The first-order valence-corrected chi connectivity index (χ1v) is 5.43. The fourth-order valence-electron chi connectivity index (χ4n) is 1.41. The summed E-state index contributed by atoms with van der Waals surface area (Å²) in [5.74, 6) is -0.848. The molecule has 0 unspecified atom stereocenters. The van der Waals surface area contributed by atoms with Crippen molar-refractivity contribution in [3.63, 3.8) is 0 Å². The van der Waals surface area contributed by atoms with Crippen LogP contribution in [0.2, 0.25) is 0 Å². The van der Waals surface area contributed by atoms with Gasteiger partial charge >= 0.3 is 5.97 Å². The molecule has 1 heterocycles. The number of benzene rings is 1. The Kier molecular flexibility index (Phi) is 4.01. The number of aromatic nitrogens is 2. The first-order valence-electron chi connectivity index (χ1n) is 5.43. The lowest BCUT2D eigenvalue weighted by atomic mass is 10.2. The number of non-ortho nitro benzene ring substituents is 1. The van der Waals surface area contributed by atoms with Crippen molar-refractivity contribution in [2.45, 2.75) is 6.61 Å². The number of aliphatic carboxylic acids is 1. The van der Waals surface area contributed by atoms with Gasteiger partial charge in [0.15, 0.2) is 0 Å². The van der Waals surface area contributed by atoms with E-state index in [9.17, 15) is 14.9 Å². The van der Waals surface area contributed by atoms with Crippen molar-refractivity contribution in [2.24, 2.45) is 0 Å². The van der Waals surface area contributed by atoms with E-state index in [0.717, 1.165) is 0 Å². The third-order valence-electron chi connectivity index (χ3n) is 2.23. The van der Waals surface area contributed by atoms with Crippen LogP contribution in [-0.2, 0) is 16.1 Å². The molecule has 1 N–H and O–H groups in total.